The standard InChI is InChI=1S/C22H23ClFN3O4/c1-12-19(13(2)27(26-12)11-14-6-7-15(24)10-17(14)23)25-22(28)16-8-9-18(29-3)21(31-5)20(16)30-4/h6-10H,11H2,1-5H3,(H,25,28). The molecule has 9 heteroatoms. The maximum absolute atomic E-state index is 13.3. The van der Waals surface area contributed by atoms with Crippen molar-refractivity contribution in [2.75, 3.05) is 26.6 Å². The third-order valence-electron chi connectivity index (χ3n) is 4.90. The van der Waals surface area contributed by atoms with Crippen molar-refractivity contribution in [1.82, 2.24) is 9.78 Å². The average Bonchev–Trinajstić information content (AvgIpc) is 3.01. The lowest BCUT2D eigenvalue weighted by molar-refractivity contribution is 0.102. The van der Waals surface area contributed by atoms with E-state index < -0.39 is 5.82 Å². The van der Waals surface area contributed by atoms with Gasteiger partial charge in [0.1, 0.15) is 5.82 Å². The Bertz CT molecular complexity index is 1130. The molecule has 31 heavy (non-hydrogen) atoms. The average molecular weight is 448 g/mol. The molecule has 0 aliphatic rings. The molecule has 0 unspecified atom stereocenters. The van der Waals surface area contributed by atoms with Gasteiger partial charge in [0.25, 0.3) is 5.91 Å². The van der Waals surface area contributed by atoms with Crippen LogP contribution in [0, 0.1) is 19.7 Å². The van der Waals surface area contributed by atoms with Gasteiger partial charge < -0.3 is 19.5 Å². The third-order valence-corrected chi connectivity index (χ3v) is 5.26. The van der Waals surface area contributed by atoms with Crippen LogP contribution in [0.5, 0.6) is 17.2 Å². The van der Waals surface area contributed by atoms with Crippen LogP contribution in [0.25, 0.3) is 0 Å². The summed E-state index contributed by atoms with van der Waals surface area (Å²) in [5.41, 5.74) is 2.93. The molecular weight excluding hydrogens is 425 g/mol. The van der Waals surface area contributed by atoms with E-state index in [9.17, 15) is 9.18 Å². The number of rotatable bonds is 7. The van der Waals surface area contributed by atoms with E-state index in [0.717, 1.165) is 5.69 Å². The number of carbonyl (C=O) groups is 1. The molecular formula is C22H23ClFN3O4. The number of methoxy groups -OCH3 is 3. The number of carbonyl (C=O) groups excluding carboxylic acids is 1. The van der Waals surface area contributed by atoms with Crippen LogP contribution in [-0.4, -0.2) is 37.0 Å². The SMILES string of the molecule is COc1ccc(C(=O)Nc2c(C)nn(Cc3ccc(F)cc3Cl)c2C)c(OC)c1OC. The number of nitrogens with zero attached hydrogens (tertiary/aromatic N) is 2. The van der Waals surface area contributed by atoms with Crippen molar-refractivity contribution in [3.05, 3.63) is 63.7 Å². The Morgan fingerprint density at radius 2 is 1.81 bits per heavy atom. The molecule has 0 aliphatic carbocycles. The van der Waals surface area contributed by atoms with Crippen LogP contribution in [0.1, 0.15) is 27.3 Å². The molecule has 0 atom stereocenters. The third kappa shape index (κ3) is 4.44. The zero-order valence-corrected chi connectivity index (χ0v) is 18.6. The highest BCUT2D eigenvalue weighted by molar-refractivity contribution is 6.31. The molecule has 0 spiro atoms. The maximum atomic E-state index is 13.3. The highest BCUT2D eigenvalue weighted by Crippen LogP contribution is 2.40. The van der Waals surface area contributed by atoms with Gasteiger partial charge in [0.15, 0.2) is 11.5 Å². The second-order valence-electron chi connectivity index (χ2n) is 6.78. The van der Waals surface area contributed by atoms with Gasteiger partial charge >= 0.3 is 0 Å². The van der Waals surface area contributed by atoms with Gasteiger partial charge in [-0.05, 0) is 43.7 Å². The predicted octanol–water partition coefficient (Wildman–Crippen LogP) is 4.62. The second kappa shape index (κ2) is 9.26. The van der Waals surface area contributed by atoms with Crippen molar-refractivity contribution >= 4 is 23.2 Å². The van der Waals surface area contributed by atoms with Crippen LogP contribution in [-0.2, 0) is 6.54 Å². The summed E-state index contributed by atoms with van der Waals surface area (Å²) < 4.78 is 31.0. The number of amides is 1. The first kappa shape index (κ1) is 22.4. The molecule has 1 N–H and O–H groups in total. The number of benzene rings is 2. The van der Waals surface area contributed by atoms with E-state index >= 15 is 0 Å². The van der Waals surface area contributed by atoms with E-state index in [1.54, 1.807) is 29.8 Å². The highest BCUT2D eigenvalue weighted by Gasteiger charge is 2.23. The van der Waals surface area contributed by atoms with Gasteiger partial charge in [-0.3, -0.25) is 9.48 Å². The number of anilines is 1. The van der Waals surface area contributed by atoms with Gasteiger partial charge in [0.2, 0.25) is 5.75 Å². The van der Waals surface area contributed by atoms with Crippen molar-refractivity contribution in [2.24, 2.45) is 0 Å². The van der Waals surface area contributed by atoms with Gasteiger partial charge in [0.05, 0.1) is 50.5 Å². The van der Waals surface area contributed by atoms with Gasteiger partial charge in [-0.15, -0.1) is 0 Å². The topological polar surface area (TPSA) is 74.6 Å². The van der Waals surface area contributed by atoms with E-state index in [2.05, 4.69) is 10.4 Å². The predicted molar refractivity (Wildman–Crippen MR) is 116 cm³/mol. The van der Waals surface area contributed by atoms with Gasteiger partial charge in [-0.25, -0.2) is 4.39 Å². The Morgan fingerprint density at radius 1 is 1.10 bits per heavy atom. The van der Waals surface area contributed by atoms with Crippen molar-refractivity contribution in [3.8, 4) is 17.2 Å². The zero-order valence-electron chi connectivity index (χ0n) is 17.9. The molecule has 7 nitrogen and oxygen atoms in total. The number of ether oxygens (including phenoxy) is 3. The summed E-state index contributed by atoms with van der Waals surface area (Å²) in [6.07, 6.45) is 0. The van der Waals surface area contributed by atoms with Crippen LogP contribution in [0.2, 0.25) is 5.02 Å². The van der Waals surface area contributed by atoms with Gasteiger partial charge in [0, 0.05) is 5.02 Å². The fraction of sp³-hybridized carbons (Fsp3) is 0.273. The Kier molecular flexibility index (Phi) is 6.70. The molecule has 0 bridgehead atoms. The highest BCUT2D eigenvalue weighted by atomic mass is 35.5. The molecule has 3 aromatic rings. The number of aromatic nitrogens is 2. The molecule has 0 saturated heterocycles. The number of hydrogen-bond acceptors (Lipinski definition) is 5. The van der Waals surface area contributed by atoms with Crippen molar-refractivity contribution in [2.45, 2.75) is 20.4 Å². The minimum atomic E-state index is -0.404. The molecule has 164 valence electrons. The van der Waals surface area contributed by atoms with Gasteiger partial charge in [-0.2, -0.15) is 5.10 Å². The summed E-state index contributed by atoms with van der Waals surface area (Å²) in [7, 11) is 4.43. The lowest BCUT2D eigenvalue weighted by Crippen LogP contribution is -2.15. The van der Waals surface area contributed by atoms with Crippen LogP contribution in [0.4, 0.5) is 10.1 Å². The minimum absolute atomic E-state index is 0.264. The maximum Gasteiger partial charge on any atom is 0.259 e. The lowest BCUT2D eigenvalue weighted by atomic mass is 10.1. The van der Waals surface area contributed by atoms with Crippen molar-refractivity contribution < 1.29 is 23.4 Å². The number of nitrogens with one attached hydrogen (secondary N) is 1. The first-order chi connectivity index (χ1) is 14.8. The van der Waals surface area contributed by atoms with Crippen LogP contribution in [0.3, 0.4) is 0 Å². The summed E-state index contributed by atoms with van der Waals surface area (Å²) in [5, 5.41) is 7.70. The first-order valence-electron chi connectivity index (χ1n) is 9.38. The Morgan fingerprint density at radius 3 is 2.42 bits per heavy atom. The summed E-state index contributed by atoms with van der Waals surface area (Å²) >= 11 is 6.14. The molecule has 1 heterocycles. The first-order valence-corrected chi connectivity index (χ1v) is 9.76. The van der Waals surface area contributed by atoms with E-state index in [4.69, 9.17) is 25.8 Å². The molecule has 3 rings (SSSR count). The largest absolute Gasteiger partial charge is 0.493 e. The molecule has 0 saturated carbocycles. The molecule has 0 radical (unpaired) electrons. The zero-order chi connectivity index (χ0) is 22.7. The van der Waals surface area contributed by atoms with Crippen LogP contribution >= 0.6 is 11.6 Å². The van der Waals surface area contributed by atoms with E-state index in [-0.39, 0.29) is 17.2 Å². The fourth-order valence-electron chi connectivity index (χ4n) is 3.30. The normalized spacial score (nSPS) is 10.7. The summed E-state index contributed by atoms with van der Waals surface area (Å²) in [5.74, 6) is 0.252. The van der Waals surface area contributed by atoms with Gasteiger partial charge in [-0.1, -0.05) is 17.7 Å². The van der Waals surface area contributed by atoms with E-state index in [0.29, 0.717) is 40.0 Å². The van der Waals surface area contributed by atoms with Crippen molar-refractivity contribution in [1.29, 1.82) is 0 Å². The van der Waals surface area contributed by atoms with E-state index in [1.807, 2.05) is 6.92 Å². The Labute approximate surface area is 184 Å². The van der Waals surface area contributed by atoms with Crippen molar-refractivity contribution in [3.63, 3.8) is 0 Å². The van der Waals surface area contributed by atoms with Crippen LogP contribution < -0.4 is 19.5 Å². The summed E-state index contributed by atoms with van der Waals surface area (Å²) in [4.78, 5) is 13.0. The molecule has 0 fully saturated rings. The molecule has 0 aliphatic heterocycles. The Hall–Kier alpha value is -3.26. The summed E-state index contributed by atoms with van der Waals surface area (Å²) in [6, 6.07) is 7.45. The molecule has 1 aromatic heterocycles. The smallest absolute Gasteiger partial charge is 0.259 e. The van der Waals surface area contributed by atoms with E-state index in [1.165, 1.54) is 33.5 Å². The summed E-state index contributed by atoms with van der Waals surface area (Å²) in [6.45, 7) is 3.96. The number of hydrogen-bond donors (Lipinski definition) is 1. The second-order valence-corrected chi connectivity index (χ2v) is 7.18. The van der Waals surface area contributed by atoms with Crippen LogP contribution in [0.15, 0.2) is 30.3 Å². The number of aryl methyl sites for hydroxylation is 1. The fourth-order valence-corrected chi connectivity index (χ4v) is 3.53. The Balaban J connectivity index is 1.91. The number of halogens is 2. The quantitative estimate of drug-likeness (QED) is 0.572. The minimum Gasteiger partial charge on any atom is -0.493 e. The lowest BCUT2D eigenvalue weighted by Gasteiger charge is -2.15. The monoisotopic (exact) mass is 447 g/mol. The molecule has 1 amide bonds. The molecule has 2 aromatic carbocycles.